The Morgan fingerprint density at radius 3 is 2.35 bits per heavy atom. The molecule has 0 spiro atoms. The Labute approximate surface area is 103 Å². The third kappa shape index (κ3) is 11.0. The number of nitrogens with zero attached hydrogens (tertiary/aromatic N) is 1. The predicted octanol–water partition coefficient (Wildman–Crippen LogP) is 2.81. The number of carbonyl (C=O) groups is 1. The largest absolute Gasteiger partial charge is 0.316 e. The van der Waals surface area contributed by atoms with Crippen LogP contribution in [0.25, 0.3) is 0 Å². The maximum Gasteiger partial charge on any atom is 0.217 e. The van der Waals surface area contributed by atoms with E-state index in [2.05, 4.69) is 10.3 Å². The number of aromatic nitrogens is 1. The van der Waals surface area contributed by atoms with Crippen LogP contribution < -0.4 is 5.32 Å². The summed E-state index contributed by atoms with van der Waals surface area (Å²) in [4.78, 5) is 13.0. The van der Waals surface area contributed by atoms with Crippen molar-refractivity contribution in [3.63, 3.8) is 0 Å². The van der Waals surface area contributed by atoms with Crippen molar-refractivity contribution in [3.8, 4) is 0 Å². The predicted molar refractivity (Wildman–Crippen MR) is 69.2 cm³/mol. The highest BCUT2D eigenvalue weighted by molar-refractivity contribution is 5.51. The van der Waals surface area contributed by atoms with Gasteiger partial charge in [0.1, 0.15) is 6.29 Å². The molecule has 1 N–H and O–H groups in total. The first-order valence-electron chi connectivity index (χ1n) is 5.81. The van der Waals surface area contributed by atoms with Crippen LogP contribution in [0, 0.1) is 11.9 Å². The topological polar surface area (TPSA) is 42.0 Å². The summed E-state index contributed by atoms with van der Waals surface area (Å²) < 4.78 is 12.6. The summed E-state index contributed by atoms with van der Waals surface area (Å²) in [6, 6.07) is 3.43. The van der Waals surface area contributed by atoms with Crippen LogP contribution >= 0.6 is 0 Å². The molecular formula is C13H23FN2O. The number of pyridine rings is 1. The molecule has 98 valence electrons. The smallest absolute Gasteiger partial charge is 0.217 e. The van der Waals surface area contributed by atoms with E-state index in [1.807, 2.05) is 27.7 Å². The molecule has 1 rings (SSSR count). The van der Waals surface area contributed by atoms with E-state index in [0.29, 0.717) is 12.1 Å². The Bertz CT molecular complexity index is 291. The molecule has 0 saturated heterocycles. The molecule has 0 amide bonds. The zero-order valence-corrected chi connectivity index (χ0v) is 11.3. The van der Waals surface area contributed by atoms with Crippen molar-refractivity contribution in [1.29, 1.82) is 0 Å². The second kappa shape index (κ2) is 12.8. The maximum absolute atomic E-state index is 12.6. The van der Waals surface area contributed by atoms with Crippen LogP contribution in [0.1, 0.15) is 33.3 Å². The molecule has 1 heterocycles. The van der Waals surface area contributed by atoms with Crippen molar-refractivity contribution >= 4 is 6.29 Å². The van der Waals surface area contributed by atoms with Gasteiger partial charge in [-0.25, -0.2) is 4.98 Å². The lowest BCUT2D eigenvalue weighted by molar-refractivity contribution is -0.110. The fraction of sp³-hybridized carbons (Fsp3) is 0.538. The Morgan fingerprint density at radius 2 is 2.00 bits per heavy atom. The van der Waals surface area contributed by atoms with Crippen LogP contribution in [-0.2, 0) is 11.3 Å². The zero-order valence-electron chi connectivity index (χ0n) is 11.3. The molecule has 0 fully saturated rings. The Kier molecular flexibility index (Phi) is 13.6. The fourth-order valence-corrected chi connectivity index (χ4v) is 0.742. The monoisotopic (exact) mass is 242 g/mol. The number of hydrogen-bond acceptors (Lipinski definition) is 3. The van der Waals surface area contributed by atoms with Crippen LogP contribution in [0.5, 0.6) is 0 Å². The average Bonchev–Trinajstić information content (AvgIpc) is 2.36. The van der Waals surface area contributed by atoms with Gasteiger partial charge in [0.05, 0.1) is 0 Å². The van der Waals surface area contributed by atoms with Crippen molar-refractivity contribution in [2.75, 3.05) is 7.05 Å². The zero-order chi connectivity index (χ0) is 13.7. The van der Waals surface area contributed by atoms with Gasteiger partial charge in [-0.3, -0.25) is 0 Å². The number of carbonyl (C=O) groups excluding carboxylic acids is 1. The molecule has 0 aliphatic rings. The summed E-state index contributed by atoms with van der Waals surface area (Å²) in [5, 5.41) is 2.84. The van der Waals surface area contributed by atoms with Crippen LogP contribution in [-0.4, -0.2) is 18.3 Å². The normalized spacial score (nSPS) is 8.65. The molecule has 4 heteroatoms. The van der Waals surface area contributed by atoms with Crippen molar-refractivity contribution < 1.29 is 9.18 Å². The van der Waals surface area contributed by atoms with Crippen LogP contribution in [0.2, 0.25) is 0 Å². The van der Waals surface area contributed by atoms with E-state index in [-0.39, 0.29) is 5.92 Å². The lowest BCUT2D eigenvalue weighted by Gasteiger charge is -1.98. The molecule has 0 aliphatic heterocycles. The molecule has 3 nitrogen and oxygen atoms in total. The minimum atomic E-state index is -0.392. The van der Waals surface area contributed by atoms with Gasteiger partial charge < -0.3 is 10.1 Å². The van der Waals surface area contributed by atoms with Gasteiger partial charge in [0.25, 0.3) is 0 Å². The number of halogens is 1. The summed E-state index contributed by atoms with van der Waals surface area (Å²) in [6.45, 7) is 8.24. The van der Waals surface area contributed by atoms with Gasteiger partial charge in [0, 0.05) is 24.2 Å². The van der Waals surface area contributed by atoms with Crippen molar-refractivity contribution in [2.24, 2.45) is 5.92 Å². The first kappa shape index (κ1) is 18.1. The van der Waals surface area contributed by atoms with Crippen LogP contribution in [0.4, 0.5) is 4.39 Å². The number of nitrogens with one attached hydrogen (secondary N) is 1. The highest BCUT2D eigenvalue weighted by Crippen LogP contribution is 2.00. The van der Waals surface area contributed by atoms with E-state index in [1.165, 1.54) is 6.20 Å². The first-order chi connectivity index (χ1) is 8.11. The van der Waals surface area contributed by atoms with Gasteiger partial charge in [0.15, 0.2) is 0 Å². The third-order valence-electron chi connectivity index (χ3n) is 1.48. The van der Waals surface area contributed by atoms with E-state index in [0.717, 1.165) is 6.29 Å². The third-order valence-corrected chi connectivity index (χ3v) is 1.48. The highest BCUT2D eigenvalue weighted by atomic mass is 19.1. The lowest BCUT2D eigenvalue weighted by atomic mass is 10.3. The Balaban J connectivity index is 0. The SMILES string of the molecule is CC.CC(C)C=O.CNCc1cccnc1F. The fourth-order valence-electron chi connectivity index (χ4n) is 0.742. The maximum atomic E-state index is 12.6. The standard InChI is InChI=1S/C7H9FN2.C4H8O.C2H6/c1-9-5-6-3-2-4-10-7(6)8;1-4(2)3-5;1-2/h2-4,9H,5H2,1H3;3-4H,1-2H3;1-2H3. The van der Waals surface area contributed by atoms with Gasteiger partial charge >= 0.3 is 0 Å². The second-order valence-corrected chi connectivity index (χ2v) is 3.36. The van der Waals surface area contributed by atoms with Gasteiger partial charge in [-0.05, 0) is 13.1 Å². The van der Waals surface area contributed by atoms with Crippen LogP contribution in [0.3, 0.4) is 0 Å². The van der Waals surface area contributed by atoms with E-state index < -0.39 is 5.95 Å². The molecule has 1 aromatic rings. The molecule has 1 aromatic heterocycles. The molecule has 0 atom stereocenters. The first-order valence-corrected chi connectivity index (χ1v) is 5.81. The Morgan fingerprint density at radius 1 is 1.47 bits per heavy atom. The second-order valence-electron chi connectivity index (χ2n) is 3.36. The summed E-state index contributed by atoms with van der Waals surface area (Å²) >= 11 is 0. The molecule has 0 aromatic carbocycles. The van der Waals surface area contributed by atoms with Gasteiger partial charge in [-0.2, -0.15) is 4.39 Å². The Hall–Kier alpha value is -1.29. The summed E-state index contributed by atoms with van der Waals surface area (Å²) in [5.41, 5.74) is 0.602. The van der Waals surface area contributed by atoms with Crippen molar-refractivity contribution in [2.45, 2.75) is 34.2 Å². The molecule has 0 bridgehead atoms. The lowest BCUT2D eigenvalue weighted by Crippen LogP contribution is -2.07. The van der Waals surface area contributed by atoms with Crippen molar-refractivity contribution in [1.82, 2.24) is 10.3 Å². The number of hydrogen-bond donors (Lipinski definition) is 1. The van der Waals surface area contributed by atoms with Gasteiger partial charge in [-0.1, -0.05) is 33.8 Å². The molecule has 0 radical (unpaired) electrons. The van der Waals surface area contributed by atoms with E-state index in [4.69, 9.17) is 0 Å². The number of aldehydes is 1. The highest BCUT2D eigenvalue weighted by Gasteiger charge is 1.97. The van der Waals surface area contributed by atoms with Crippen molar-refractivity contribution in [3.05, 3.63) is 29.8 Å². The van der Waals surface area contributed by atoms with Crippen LogP contribution in [0.15, 0.2) is 18.3 Å². The van der Waals surface area contributed by atoms with E-state index in [9.17, 15) is 9.18 Å². The minimum Gasteiger partial charge on any atom is -0.316 e. The molecular weight excluding hydrogens is 219 g/mol. The van der Waals surface area contributed by atoms with E-state index >= 15 is 0 Å². The molecule has 0 aliphatic carbocycles. The molecule has 17 heavy (non-hydrogen) atoms. The van der Waals surface area contributed by atoms with Gasteiger partial charge in [-0.15, -0.1) is 0 Å². The summed E-state index contributed by atoms with van der Waals surface area (Å²) in [5.74, 6) is -0.188. The summed E-state index contributed by atoms with van der Waals surface area (Å²) in [6.07, 6.45) is 2.36. The molecule has 0 saturated carbocycles. The van der Waals surface area contributed by atoms with Gasteiger partial charge in [0.2, 0.25) is 5.95 Å². The number of rotatable bonds is 3. The average molecular weight is 242 g/mol. The summed E-state index contributed by atoms with van der Waals surface area (Å²) in [7, 11) is 1.77. The quantitative estimate of drug-likeness (QED) is 0.654. The van der Waals surface area contributed by atoms with E-state index in [1.54, 1.807) is 19.2 Å². The minimum absolute atomic E-state index is 0.204. The molecule has 0 unspecified atom stereocenters.